The Balaban J connectivity index is 1.41. The van der Waals surface area contributed by atoms with Gasteiger partial charge in [0.15, 0.2) is 0 Å². The average molecular weight is 412 g/mol. The van der Waals surface area contributed by atoms with E-state index in [0.717, 1.165) is 44.9 Å². The molecule has 2 aliphatic rings. The third-order valence-corrected chi connectivity index (χ3v) is 6.61. The zero-order valence-corrected chi connectivity index (χ0v) is 17.4. The molecule has 2 fully saturated rings. The van der Waals surface area contributed by atoms with E-state index < -0.39 is 0 Å². The summed E-state index contributed by atoms with van der Waals surface area (Å²) in [5.41, 5.74) is 4.08. The summed E-state index contributed by atoms with van der Waals surface area (Å²) < 4.78 is 7.75. The van der Waals surface area contributed by atoms with E-state index >= 15 is 0 Å². The van der Waals surface area contributed by atoms with E-state index in [-0.39, 0.29) is 18.1 Å². The molecular formula is C25H24N4O2. The van der Waals surface area contributed by atoms with Crippen molar-refractivity contribution < 1.29 is 9.53 Å². The molecule has 2 saturated heterocycles. The number of rotatable bonds is 2. The zero-order valence-electron chi connectivity index (χ0n) is 17.4. The monoisotopic (exact) mass is 412 g/mol. The largest absolute Gasteiger partial charge is 0.373 e. The molecule has 6 nitrogen and oxygen atoms in total. The second-order valence-electron chi connectivity index (χ2n) is 8.43. The lowest BCUT2D eigenvalue weighted by Crippen LogP contribution is -2.47. The summed E-state index contributed by atoms with van der Waals surface area (Å²) in [5.74, 6) is 0.0737. The second-order valence-corrected chi connectivity index (χ2v) is 8.43. The molecule has 2 aliphatic heterocycles. The Labute approximate surface area is 180 Å². The first-order valence-electron chi connectivity index (χ1n) is 10.8. The molecule has 0 spiro atoms. The summed E-state index contributed by atoms with van der Waals surface area (Å²) in [6.45, 7) is 2.89. The van der Waals surface area contributed by atoms with Gasteiger partial charge in [-0.2, -0.15) is 5.10 Å². The molecule has 31 heavy (non-hydrogen) atoms. The molecule has 3 heterocycles. The van der Waals surface area contributed by atoms with Gasteiger partial charge in [0.2, 0.25) is 0 Å². The number of carbonyl (C=O) groups is 1. The van der Waals surface area contributed by atoms with Crippen molar-refractivity contribution in [2.45, 2.75) is 12.1 Å². The molecule has 0 bridgehead atoms. The molecule has 4 aromatic rings. The van der Waals surface area contributed by atoms with E-state index in [1.807, 2.05) is 47.1 Å². The number of fused-ring (bicyclic) bond motifs is 3. The van der Waals surface area contributed by atoms with Crippen molar-refractivity contribution >= 4 is 27.6 Å². The molecule has 1 amide bonds. The first-order chi connectivity index (χ1) is 15.2. The summed E-state index contributed by atoms with van der Waals surface area (Å²) in [5, 5.41) is 11.0. The van der Waals surface area contributed by atoms with Crippen molar-refractivity contribution in [3.8, 4) is 11.1 Å². The Morgan fingerprint density at radius 3 is 2.84 bits per heavy atom. The summed E-state index contributed by atoms with van der Waals surface area (Å²) in [4.78, 5) is 15.4. The van der Waals surface area contributed by atoms with Crippen LogP contribution in [0.3, 0.4) is 0 Å². The minimum absolute atomic E-state index is 0.0737. The predicted octanol–water partition coefficient (Wildman–Crippen LogP) is 3.21. The quantitative estimate of drug-likeness (QED) is 0.549. The smallest absolute Gasteiger partial charge is 0.254 e. The van der Waals surface area contributed by atoms with Crippen LogP contribution in [-0.2, 0) is 11.8 Å². The third-order valence-electron chi connectivity index (χ3n) is 6.61. The molecule has 156 valence electrons. The molecule has 0 aliphatic carbocycles. The normalized spacial score (nSPS) is 21.0. The summed E-state index contributed by atoms with van der Waals surface area (Å²) >= 11 is 0. The molecule has 6 rings (SSSR count). The number of hydrogen-bond donors (Lipinski definition) is 1. The summed E-state index contributed by atoms with van der Waals surface area (Å²) in [6, 6.07) is 18.9. The minimum Gasteiger partial charge on any atom is -0.373 e. The highest BCUT2D eigenvalue weighted by Gasteiger charge is 2.38. The molecular weight excluding hydrogens is 388 g/mol. The fourth-order valence-electron chi connectivity index (χ4n) is 4.98. The topological polar surface area (TPSA) is 59.4 Å². The van der Waals surface area contributed by atoms with E-state index in [9.17, 15) is 4.79 Å². The van der Waals surface area contributed by atoms with E-state index in [4.69, 9.17) is 4.74 Å². The van der Waals surface area contributed by atoms with Gasteiger partial charge in [-0.15, -0.1) is 0 Å². The lowest BCUT2D eigenvalue weighted by Gasteiger charge is -2.25. The van der Waals surface area contributed by atoms with Crippen LogP contribution in [0, 0.1) is 0 Å². The number of nitrogens with one attached hydrogen (secondary N) is 1. The van der Waals surface area contributed by atoms with Gasteiger partial charge in [0.25, 0.3) is 5.91 Å². The zero-order chi connectivity index (χ0) is 20.9. The van der Waals surface area contributed by atoms with E-state index in [2.05, 4.69) is 40.7 Å². The van der Waals surface area contributed by atoms with E-state index in [1.54, 1.807) is 0 Å². The van der Waals surface area contributed by atoms with Gasteiger partial charge in [0.1, 0.15) is 0 Å². The fraction of sp³-hybridized carbons (Fsp3) is 0.280. The molecule has 3 aromatic carbocycles. The number of likely N-dealkylation sites (tertiary alicyclic amines) is 1. The molecule has 0 radical (unpaired) electrons. The van der Waals surface area contributed by atoms with Crippen molar-refractivity contribution in [3.63, 3.8) is 0 Å². The van der Waals surface area contributed by atoms with Gasteiger partial charge in [0, 0.05) is 37.6 Å². The van der Waals surface area contributed by atoms with Crippen LogP contribution < -0.4 is 5.32 Å². The van der Waals surface area contributed by atoms with Gasteiger partial charge in [-0.25, -0.2) is 0 Å². The molecule has 1 N–H and O–H groups in total. The van der Waals surface area contributed by atoms with Gasteiger partial charge in [-0.05, 0) is 34.0 Å². The standard InChI is InChI=1S/C25H24N4O2/c1-28-23-12-16(6-7-17(23)13-27-28)18-8-9-21(20-5-3-2-4-19(18)20)25(30)29-14-22-24(15-29)31-11-10-26-22/h2-9,12-13,22,24,26H,10-11,14-15H2,1H3/t22-,24+/m0/s1. The number of aryl methyl sites for hydroxylation is 1. The van der Waals surface area contributed by atoms with Crippen molar-refractivity contribution in [1.82, 2.24) is 20.0 Å². The highest BCUT2D eigenvalue weighted by Crippen LogP contribution is 2.33. The molecule has 6 heteroatoms. The Bertz CT molecular complexity index is 1300. The highest BCUT2D eigenvalue weighted by molar-refractivity contribution is 6.11. The first-order valence-corrected chi connectivity index (χ1v) is 10.8. The van der Waals surface area contributed by atoms with Crippen LogP contribution in [-0.4, -0.2) is 59.0 Å². The van der Waals surface area contributed by atoms with Crippen molar-refractivity contribution in [1.29, 1.82) is 0 Å². The number of aromatic nitrogens is 2. The molecule has 0 saturated carbocycles. The Morgan fingerprint density at radius 2 is 1.97 bits per heavy atom. The van der Waals surface area contributed by atoms with E-state index in [1.165, 1.54) is 0 Å². The Kier molecular flexibility index (Phi) is 4.30. The van der Waals surface area contributed by atoms with Gasteiger partial charge in [-0.3, -0.25) is 9.48 Å². The van der Waals surface area contributed by atoms with Gasteiger partial charge in [0.05, 0.1) is 30.5 Å². The number of nitrogens with zero attached hydrogens (tertiary/aromatic N) is 3. The predicted molar refractivity (Wildman–Crippen MR) is 121 cm³/mol. The SMILES string of the molecule is Cn1ncc2ccc(-c3ccc(C(=O)N4C[C@@H]5NCCO[C@@H]5C4)c4ccccc34)cc21. The average Bonchev–Trinajstić information content (AvgIpc) is 3.41. The van der Waals surface area contributed by atoms with Gasteiger partial charge in [-0.1, -0.05) is 42.5 Å². The number of morpholine rings is 1. The maximum atomic E-state index is 13.5. The first kappa shape index (κ1) is 18.5. The molecule has 0 unspecified atom stereocenters. The van der Waals surface area contributed by atoms with Crippen LogP contribution in [0.25, 0.3) is 32.8 Å². The van der Waals surface area contributed by atoms with Crippen LogP contribution >= 0.6 is 0 Å². The Hall–Kier alpha value is -3.22. The number of ether oxygens (including phenoxy) is 1. The second kappa shape index (κ2) is 7.18. The number of hydrogen-bond acceptors (Lipinski definition) is 4. The lowest BCUT2D eigenvalue weighted by molar-refractivity contribution is 0.0176. The number of benzene rings is 3. The van der Waals surface area contributed by atoms with Crippen molar-refractivity contribution in [2.24, 2.45) is 7.05 Å². The molecule has 1 aromatic heterocycles. The van der Waals surface area contributed by atoms with Gasteiger partial charge < -0.3 is 15.0 Å². The van der Waals surface area contributed by atoms with Crippen LogP contribution in [0.15, 0.2) is 60.8 Å². The third kappa shape index (κ3) is 3.02. The highest BCUT2D eigenvalue weighted by atomic mass is 16.5. The lowest BCUT2D eigenvalue weighted by atomic mass is 9.94. The van der Waals surface area contributed by atoms with Crippen LogP contribution in [0.4, 0.5) is 0 Å². The maximum Gasteiger partial charge on any atom is 0.254 e. The molecule has 2 atom stereocenters. The number of carbonyl (C=O) groups excluding carboxylic acids is 1. The summed E-state index contributed by atoms with van der Waals surface area (Å²) in [7, 11) is 1.96. The van der Waals surface area contributed by atoms with E-state index in [0.29, 0.717) is 19.7 Å². The van der Waals surface area contributed by atoms with Crippen LogP contribution in [0.1, 0.15) is 10.4 Å². The van der Waals surface area contributed by atoms with Crippen LogP contribution in [0.2, 0.25) is 0 Å². The minimum atomic E-state index is 0.0737. The number of amides is 1. The fourth-order valence-corrected chi connectivity index (χ4v) is 4.98. The Morgan fingerprint density at radius 1 is 1.10 bits per heavy atom. The summed E-state index contributed by atoms with van der Waals surface area (Å²) in [6.07, 6.45) is 1.97. The van der Waals surface area contributed by atoms with Crippen molar-refractivity contribution in [3.05, 3.63) is 66.4 Å². The van der Waals surface area contributed by atoms with Gasteiger partial charge >= 0.3 is 0 Å². The van der Waals surface area contributed by atoms with Crippen LogP contribution in [0.5, 0.6) is 0 Å². The van der Waals surface area contributed by atoms with Crippen molar-refractivity contribution in [2.75, 3.05) is 26.2 Å². The maximum absolute atomic E-state index is 13.5.